The average Bonchev–Trinajstić information content (AvgIpc) is 2.27. The van der Waals surface area contributed by atoms with Crippen molar-refractivity contribution in [2.75, 3.05) is 6.26 Å². The predicted octanol–water partition coefficient (Wildman–Crippen LogP) is 3.92. The first-order valence-electron chi connectivity index (χ1n) is 6.00. The van der Waals surface area contributed by atoms with Gasteiger partial charge in [0.25, 0.3) is 0 Å². The number of hydrogen-bond acceptors (Lipinski definition) is 2. The van der Waals surface area contributed by atoms with Crippen molar-refractivity contribution in [1.82, 2.24) is 5.32 Å². The minimum absolute atomic E-state index is 0.0117. The summed E-state index contributed by atoms with van der Waals surface area (Å²) in [7, 11) is 0. The molecule has 0 radical (unpaired) electrons. The summed E-state index contributed by atoms with van der Waals surface area (Å²) in [4.78, 5) is 12.3. The molecule has 102 valence electrons. The summed E-state index contributed by atoms with van der Waals surface area (Å²) in [5, 5.41) is 2.88. The lowest BCUT2D eigenvalue weighted by Gasteiger charge is -2.32. The SMILES string of the molecule is C=C/C=C(\C=C)NC(=O)C(C)(C)CC(C)(C)SC. The Bertz CT molecular complexity index is 354. The zero-order valence-electron chi connectivity index (χ0n) is 12.2. The highest BCUT2D eigenvalue weighted by atomic mass is 32.2. The van der Waals surface area contributed by atoms with Crippen molar-refractivity contribution < 1.29 is 4.79 Å². The van der Waals surface area contributed by atoms with Crippen LogP contribution >= 0.6 is 11.8 Å². The van der Waals surface area contributed by atoms with E-state index in [0.29, 0.717) is 5.70 Å². The number of thioether (sulfide) groups is 1. The van der Waals surface area contributed by atoms with E-state index in [0.717, 1.165) is 6.42 Å². The number of rotatable bonds is 7. The molecule has 0 heterocycles. The van der Waals surface area contributed by atoms with E-state index >= 15 is 0 Å². The Balaban J connectivity index is 4.81. The standard InChI is InChI=1S/C15H25NOS/c1-8-10-12(9-2)16-13(17)14(3,4)11-15(5,6)18-7/h8-10H,1-2,11H2,3-7H3,(H,16,17)/b12-10+. The minimum Gasteiger partial charge on any atom is -0.326 e. The van der Waals surface area contributed by atoms with Gasteiger partial charge >= 0.3 is 0 Å². The summed E-state index contributed by atoms with van der Waals surface area (Å²) >= 11 is 1.78. The Morgan fingerprint density at radius 1 is 1.28 bits per heavy atom. The van der Waals surface area contributed by atoms with E-state index in [1.54, 1.807) is 30.0 Å². The molecule has 0 aromatic rings. The largest absolute Gasteiger partial charge is 0.326 e. The summed E-state index contributed by atoms with van der Waals surface area (Å²) < 4.78 is 0.0807. The molecule has 0 saturated carbocycles. The van der Waals surface area contributed by atoms with Gasteiger partial charge in [-0.1, -0.05) is 46.9 Å². The molecule has 0 aromatic heterocycles. The summed E-state index contributed by atoms with van der Waals surface area (Å²) in [6.07, 6.45) is 7.87. The molecular weight excluding hydrogens is 242 g/mol. The second-order valence-corrected chi connectivity index (χ2v) is 7.05. The van der Waals surface area contributed by atoms with E-state index < -0.39 is 5.41 Å². The first-order valence-corrected chi connectivity index (χ1v) is 7.23. The number of hydrogen-bond donors (Lipinski definition) is 1. The van der Waals surface area contributed by atoms with Crippen molar-refractivity contribution >= 4 is 17.7 Å². The Kier molecular flexibility index (Phi) is 6.47. The molecule has 3 heteroatoms. The van der Waals surface area contributed by atoms with Crippen molar-refractivity contribution in [3.05, 3.63) is 37.1 Å². The highest BCUT2D eigenvalue weighted by molar-refractivity contribution is 7.99. The fourth-order valence-corrected chi connectivity index (χ4v) is 2.31. The van der Waals surface area contributed by atoms with Crippen molar-refractivity contribution in [2.45, 2.75) is 38.9 Å². The van der Waals surface area contributed by atoms with E-state index in [1.807, 2.05) is 13.8 Å². The van der Waals surface area contributed by atoms with Crippen LogP contribution < -0.4 is 5.32 Å². The number of nitrogens with one attached hydrogen (secondary N) is 1. The summed E-state index contributed by atoms with van der Waals surface area (Å²) in [6.45, 7) is 15.5. The number of carbonyl (C=O) groups is 1. The fraction of sp³-hybridized carbons (Fsp3) is 0.533. The maximum atomic E-state index is 12.3. The Labute approximate surface area is 116 Å². The lowest BCUT2D eigenvalue weighted by atomic mass is 9.82. The van der Waals surface area contributed by atoms with Crippen molar-refractivity contribution in [2.24, 2.45) is 5.41 Å². The summed E-state index contributed by atoms with van der Waals surface area (Å²) in [5.74, 6) is 0.0117. The zero-order chi connectivity index (χ0) is 14.4. The molecule has 1 amide bonds. The van der Waals surface area contributed by atoms with Crippen LogP contribution in [-0.2, 0) is 4.79 Å². The maximum absolute atomic E-state index is 12.3. The van der Waals surface area contributed by atoms with Crippen LogP contribution in [0.3, 0.4) is 0 Å². The molecule has 0 bridgehead atoms. The third-order valence-corrected chi connectivity index (χ3v) is 4.06. The van der Waals surface area contributed by atoms with Gasteiger partial charge in [0, 0.05) is 15.9 Å². The van der Waals surface area contributed by atoms with Gasteiger partial charge in [-0.3, -0.25) is 4.79 Å². The van der Waals surface area contributed by atoms with Gasteiger partial charge in [0.1, 0.15) is 0 Å². The molecule has 0 aliphatic heterocycles. The quantitative estimate of drug-likeness (QED) is 0.708. The Hall–Kier alpha value is -0.960. The molecule has 0 unspecified atom stereocenters. The van der Waals surface area contributed by atoms with Crippen LogP contribution in [0.2, 0.25) is 0 Å². The van der Waals surface area contributed by atoms with Crippen LogP contribution in [0.25, 0.3) is 0 Å². The second-order valence-electron chi connectivity index (χ2n) is 5.54. The van der Waals surface area contributed by atoms with Gasteiger partial charge in [-0.05, 0) is 24.8 Å². The normalized spacial score (nSPS) is 13.1. The highest BCUT2D eigenvalue weighted by Gasteiger charge is 2.34. The van der Waals surface area contributed by atoms with Crippen molar-refractivity contribution in [3.8, 4) is 0 Å². The lowest BCUT2D eigenvalue weighted by molar-refractivity contribution is -0.129. The molecule has 0 saturated heterocycles. The average molecular weight is 267 g/mol. The van der Waals surface area contributed by atoms with Crippen LogP contribution in [0, 0.1) is 5.41 Å². The van der Waals surface area contributed by atoms with Gasteiger partial charge in [-0.2, -0.15) is 11.8 Å². The molecule has 2 nitrogen and oxygen atoms in total. The molecule has 18 heavy (non-hydrogen) atoms. The maximum Gasteiger partial charge on any atom is 0.230 e. The number of allylic oxidation sites excluding steroid dienone is 3. The number of amides is 1. The van der Waals surface area contributed by atoms with Gasteiger partial charge in [0.2, 0.25) is 5.91 Å². The first-order chi connectivity index (χ1) is 8.18. The van der Waals surface area contributed by atoms with Crippen LogP contribution in [-0.4, -0.2) is 16.9 Å². The van der Waals surface area contributed by atoms with E-state index in [-0.39, 0.29) is 10.7 Å². The van der Waals surface area contributed by atoms with Crippen molar-refractivity contribution in [1.29, 1.82) is 0 Å². The lowest BCUT2D eigenvalue weighted by Crippen LogP contribution is -2.40. The first kappa shape index (κ1) is 17.0. The van der Waals surface area contributed by atoms with E-state index in [2.05, 4.69) is 38.6 Å². The zero-order valence-corrected chi connectivity index (χ0v) is 13.0. The van der Waals surface area contributed by atoms with Crippen LogP contribution in [0.5, 0.6) is 0 Å². The van der Waals surface area contributed by atoms with E-state index in [1.165, 1.54) is 0 Å². The van der Waals surface area contributed by atoms with Gasteiger partial charge in [-0.25, -0.2) is 0 Å². The van der Waals surface area contributed by atoms with Gasteiger partial charge in [0.05, 0.1) is 0 Å². The highest BCUT2D eigenvalue weighted by Crippen LogP contribution is 2.35. The second kappa shape index (κ2) is 6.83. The topological polar surface area (TPSA) is 29.1 Å². The van der Waals surface area contributed by atoms with E-state index in [9.17, 15) is 4.79 Å². The molecule has 0 aromatic carbocycles. The van der Waals surface area contributed by atoms with E-state index in [4.69, 9.17) is 0 Å². The molecule has 0 aliphatic carbocycles. The predicted molar refractivity (Wildman–Crippen MR) is 82.6 cm³/mol. The Morgan fingerprint density at radius 2 is 1.83 bits per heavy atom. The molecule has 0 fully saturated rings. The third kappa shape index (κ3) is 5.58. The Morgan fingerprint density at radius 3 is 2.22 bits per heavy atom. The molecule has 0 aliphatic rings. The molecule has 0 atom stereocenters. The van der Waals surface area contributed by atoms with Crippen LogP contribution in [0.15, 0.2) is 37.1 Å². The molecule has 0 spiro atoms. The number of carbonyl (C=O) groups excluding carboxylic acids is 1. The van der Waals surface area contributed by atoms with Crippen LogP contribution in [0.4, 0.5) is 0 Å². The summed E-state index contributed by atoms with van der Waals surface area (Å²) in [5.41, 5.74) is 0.264. The minimum atomic E-state index is -0.421. The van der Waals surface area contributed by atoms with Crippen LogP contribution in [0.1, 0.15) is 34.1 Å². The van der Waals surface area contributed by atoms with Gasteiger partial charge in [0.15, 0.2) is 0 Å². The third-order valence-electron chi connectivity index (χ3n) is 2.81. The van der Waals surface area contributed by atoms with Gasteiger partial charge in [-0.15, -0.1) is 0 Å². The molecular formula is C15H25NOS. The smallest absolute Gasteiger partial charge is 0.230 e. The van der Waals surface area contributed by atoms with Crippen molar-refractivity contribution in [3.63, 3.8) is 0 Å². The fourth-order valence-electron chi connectivity index (χ4n) is 1.80. The summed E-state index contributed by atoms with van der Waals surface area (Å²) in [6, 6.07) is 0. The monoisotopic (exact) mass is 267 g/mol. The van der Waals surface area contributed by atoms with Gasteiger partial charge < -0.3 is 5.32 Å². The molecule has 1 N–H and O–H groups in total. The molecule has 0 rings (SSSR count).